The second-order valence-corrected chi connectivity index (χ2v) is 5.73. The first kappa shape index (κ1) is 12.9. The van der Waals surface area contributed by atoms with E-state index in [4.69, 9.17) is 5.11 Å². The Morgan fingerprint density at radius 3 is 2.53 bits per heavy atom. The fourth-order valence-electron chi connectivity index (χ4n) is 3.44. The molecule has 1 aliphatic heterocycles. The monoisotopic (exact) mass is 239 g/mol. The molecule has 1 N–H and O–H groups in total. The summed E-state index contributed by atoms with van der Waals surface area (Å²) in [4.78, 5) is 13.3. The third-order valence-corrected chi connectivity index (χ3v) is 4.41. The Labute approximate surface area is 104 Å². The van der Waals surface area contributed by atoms with Gasteiger partial charge in [-0.25, -0.2) is 0 Å². The van der Waals surface area contributed by atoms with E-state index in [1.807, 2.05) is 0 Å². The molecular formula is C14H25NO2. The lowest BCUT2D eigenvalue weighted by Gasteiger charge is -2.37. The fourth-order valence-corrected chi connectivity index (χ4v) is 3.44. The van der Waals surface area contributed by atoms with E-state index in [0.717, 1.165) is 12.3 Å². The molecule has 1 heterocycles. The Morgan fingerprint density at radius 2 is 1.82 bits per heavy atom. The molecule has 0 spiro atoms. The van der Waals surface area contributed by atoms with E-state index in [-0.39, 0.29) is 0 Å². The normalized spacial score (nSPS) is 27.4. The topological polar surface area (TPSA) is 40.5 Å². The van der Waals surface area contributed by atoms with Crippen molar-refractivity contribution in [2.45, 2.75) is 63.8 Å². The lowest BCUT2D eigenvalue weighted by Crippen LogP contribution is -2.42. The molecular weight excluding hydrogens is 214 g/mol. The van der Waals surface area contributed by atoms with Crippen LogP contribution in [0.25, 0.3) is 0 Å². The Kier molecular flexibility index (Phi) is 4.84. The Balaban J connectivity index is 1.80. The van der Waals surface area contributed by atoms with E-state index in [9.17, 15) is 4.79 Å². The second kappa shape index (κ2) is 6.39. The predicted octanol–water partition coefficient (Wildman–Crippen LogP) is 2.90. The number of likely N-dealkylation sites (tertiary alicyclic amines) is 1. The van der Waals surface area contributed by atoms with Crippen LogP contribution < -0.4 is 0 Å². The van der Waals surface area contributed by atoms with Crippen molar-refractivity contribution < 1.29 is 9.90 Å². The number of nitrogens with zero attached hydrogens (tertiary/aromatic N) is 1. The standard InChI is InChI=1S/C14H25NO2/c16-14(17)9-8-13-7-3-4-10-15(13)11-12-5-1-2-6-12/h12-13H,1-11H2,(H,16,17). The SMILES string of the molecule is O=C(O)CCC1CCCCN1CC1CCCC1. The molecule has 2 fully saturated rings. The van der Waals surface area contributed by atoms with E-state index >= 15 is 0 Å². The predicted molar refractivity (Wildman–Crippen MR) is 68.0 cm³/mol. The summed E-state index contributed by atoms with van der Waals surface area (Å²) in [5.74, 6) is 0.247. The van der Waals surface area contributed by atoms with E-state index in [0.29, 0.717) is 12.5 Å². The van der Waals surface area contributed by atoms with Gasteiger partial charge in [0.2, 0.25) is 0 Å². The highest BCUT2D eigenvalue weighted by Crippen LogP contribution is 2.29. The van der Waals surface area contributed by atoms with Gasteiger partial charge in [-0.05, 0) is 44.6 Å². The molecule has 1 unspecified atom stereocenters. The van der Waals surface area contributed by atoms with Crippen LogP contribution in [0.1, 0.15) is 57.8 Å². The summed E-state index contributed by atoms with van der Waals surface area (Å²) in [6.07, 6.45) is 10.6. The molecule has 0 aromatic carbocycles. The highest BCUT2D eigenvalue weighted by Gasteiger charge is 2.26. The van der Waals surface area contributed by atoms with Crippen molar-refractivity contribution in [3.05, 3.63) is 0 Å². The zero-order chi connectivity index (χ0) is 12.1. The molecule has 0 radical (unpaired) electrons. The van der Waals surface area contributed by atoms with Gasteiger partial charge in [0.25, 0.3) is 0 Å². The maximum atomic E-state index is 10.7. The van der Waals surface area contributed by atoms with Crippen LogP contribution in [0.2, 0.25) is 0 Å². The zero-order valence-electron chi connectivity index (χ0n) is 10.7. The van der Waals surface area contributed by atoms with Gasteiger partial charge in [0.05, 0.1) is 0 Å². The van der Waals surface area contributed by atoms with Crippen LogP contribution in [0.15, 0.2) is 0 Å². The van der Waals surface area contributed by atoms with Gasteiger partial charge in [-0.2, -0.15) is 0 Å². The van der Waals surface area contributed by atoms with Gasteiger partial charge >= 0.3 is 5.97 Å². The van der Waals surface area contributed by atoms with Crippen LogP contribution in [-0.4, -0.2) is 35.1 Å². The summed E-state index contributed by atoms with van der Waals surface area (Å²) >= 11 is 0. The van der Waals surface area contributed by atoms with Crippen molar-refractivity contribution in [1.29, 1.82) is 0 Å². The van der Waals surface area contributed by atoms with Gasteiger partial charge in [0.15, 0.2) is 0 Å². The summed E-state index contributed by atoms with van der Waals surface area (Å²) in [6, 6.07) is 0.542. The molecule has 17 heavy (non-hydrogen) atoms. The zero-order valence-corrected chi connectivity index (χ0v) is 10.7. The average Bonchev–Trinajstić information content (AvgIpc) is 2.80. The maximum absolute atomic E-state index is 10.7. The van der Waals surface area contributed by atoms with Gasteiger partial charge in [-0.15, -0.1) is 0 Å². The average molecular weight is 239 g/mol. The maximum Gasteiger partial charge on any atom is 0.303 e. The summed E-state index contributed by atoms with van der Waals surface area (Å²) in [5, 5.41) is 8.80. The van der Waals surface area contributed by atoms with Crippen LogP contribution in [0.4, 0.5) is 0 Å². The lowest BCUT2D eigenvalue weighted by atomic mass is 9.96. The van der Waals surface area contributed by atoms with E-state index in [1.54, 1.807) is 0 Å². The number of hydrogen-bond donors (Lipinski definition) is 1. The van der Waals surface area contributed by atoms with Crippen molar-refractivity contribution in [3.63, 3.8) is 0 Å². The number of carbonyl (C=O) groups is 1. The van der Waals surface area contributed by atoms with Crippen molar-refractivity contribution in [2.75, 3.05) is 13.1 Å². The molecule has 0 amide bonds. The van der Waals surface area contributed by atoms with Gasteiger partial charge in [-0.3, -0.25) is 4.79 Å². The highest BCUT2D eigenvalue weighted by molar-refractivity contribution is 5.66. The molecule has 0 bridgehead atoms. The number of rotatable bonds is 5. The molecule has 3 heteroatoms. The minimum Gasteiger partial charge on any atom is -0.481 e. The van der Waals surface area contributed by atoms with Gasteiger partial charge in [0.1, 0.15) is 0 Å². The first-order chi connectivity index (χ1) is 8.25. The first-order valence-corrected chi connectivity index (χ1v) is 7.21. The second-order valence-electron chi connectivity index (χ2n) is 5.73. The molecule has 1 atom stereocenters. The fraction of sp³-hybridized carbons (Fsp3) is 0.929. The molecule has 98 valence electrons. The van der Waals surface area contributed by atoms with Crippen LogP contribution in [0.5, 0.6) is 0 Å². The number of hydrogen-bond acceptors (Lipinski definition) is 2. The lowest BCUT2D eigenvalue weighted by molar-refractivity contribution is -0.137. The number of aliphatic carboxylic acids is 1. The Morgan fingerprint density at radius 1 is 1.12 bits per heavy atom. The first-order valence-electron chi connectivity index (χ1n) is 7.21. The van der Waals surface area contributed by atoms with E-state index in [1.165, 1.54) is 58.0 Å². The minimum atomic E-state index is -0.642. The molecule has 0 aromatic heterocycles. The number of carboxylic acid groups (broad SMARTS) is 1. The third-order valence-electron chi connectivity index (χ3n) is 4.41. The third kappa shape index (κ3) is 3.98. The summed E-state index contributed by atoms with van der Waals surface area (Å²) in [7, 11) is 0. The quantitative estimate of drug-likeness (QED) is 0.802. The molecule has 1 saturated heterocycles. The van der Waals surface area contributed by atoms with Crippen molar-refractivity contribution in [3.8, 4) is 0 Å². The van der Waals surface area contributed by atoms with Crippen LogP contribution in [0.3, 0.4) is 0 Å². The molecule has 2 aliphatic rings. The molecule has 1 aliphatic carbocycles. The van der Waals surface area contributed by atoms with Crippen molar-refractivity contribution in [2.24, 2.45) is 5.92 Å². The highest BCUT2D eigenvalue weighted by atomic mass is 16.4. The smallest absolute Gasteiger partial charge is 0.303 e. The number of carboxylic acids is 1. The van der Waals surface area contributed by atoms with Crippen molar-refractivity contribution in [1.82, 2.24) is 4.90 Å². The minimum absolute atomic E-state index is 0.339. The van der Waals surface area contributed by atoms with E-state index < -0.39 is 5.97 Å². The molecule has 3 nitrogen and oxygen atoms in total. The summed E-state index contributed by atoms with van der Waals surface area (Å²) < 4.78 is 0. The Hall–Kier alpha value is -0.570. The van der Waals surface area contributed by atoms with Crippen LogP contribution in [0, 0.1) is 5.92 Å². The van der Waals surface area contributed by atoms with E-state index in [2.05, 4.69) is 4.90 Å². The largest absolute Gasteiger partial charge is 0.481 e. The molecule has 1 saturated carbocycles. The number of piperidine rings is 1. The van der Waals surface area contributed by atoms with Crippen molar-refractivity contribution >= 4 is 5.97 Å². The Bertz CT molecular complexity index is 249. The summed E-state index contributed by atoms with van der Waals surface area (Å²) in [5.41, 5.74) is 0. The van der Waals surface area contributed by atoms with Gasteiger partial charge in [0, 0.05) is 19.0 Å². The van der Waals surface area contributed by atoms with Crippen LogP contribution >= 0.6 is 0 Å². The summed E-state index contributed by atoms with van der Waals surface area (Å²) in [6.45, 7) is 2.42. The van der Waals surface area contributed by atoms with Gasteiger partial charge in [-0.1, -0.05) is 19.3 Å². The molecule has 0 aromatic rings. The van der Waals surface area contributed by atoms with Crippen LogP contribution in [-0.2, 0) is 4.79 Å². The molecule has 2 rings (SSSR count). The van der Waals surface area contributed by atoms with Gasteiger partial charge < -0.3 is 10.0 Å².